The molecule has 0 bridgehead atoms. The number of alkyl halides is 1. The Morgan fingerprint density at radius 3 is 2.77 bits per heavy atom. The fourth-order valence-corrected chi connectivity index (χ4v) is 5.14. The molecular formula is C29H41ClFN5O4. The number of aromatic nitrogens is 2. The summed E-state index contributed by atoms with van der Waals surface area (Å²) in [5.41, 5.74) is 1.52. The summed E-state index contributed by atoms with van der Waals surface area (Å²) in [6.07, 6.45) is 5.76. The summed E-state index contributed by atoms with van der Waals surface area (Å²) in [5, 5.41) is 16.2. The van der Waals surface area contributed by atoms with Crippen LogP contribution in [0.5, 0.6) is 0 Å². The molecule has 1 amide bonds. The first-order valence-corrected chi connectivity index (χ1v) is 14.2. The highest BCUT2D eigenvalue weighted by atomic mass is 35.5. The zero-order valence-electron chi connectivity index (χ0n) is 23.6. The number of carbonyl (C=O) groups is 2. The van der Waals surface area contributed by atoms with Crippen molar-refractivity contribution in [2.24, 2.45) is 0 Å². The van der Waals surface area contributed by atoms with Crippen LogP contribution < -0.4 is 10.6 Å². The SMILES string of the molecule is COC(CF)CN(CCCCc1ccc2c(n1)NCCC2)CCC(NC(=O)C(C)(C)c1ncccc1Cl)C(=O)O. The van der Waals surface area contributed by atoms with Gasteiger partial charge in [0.25, 0.3) is 0 Å². The molecule has 1 aliphatic rings. The van der Waals surface area contributed by atoms with E-state index in [1.165, 1.54) is 12.7 Å². The van der Waals surface area contributed by atoms with E-state index < -0.39 is 36.1 Å². The molecule has 11 heteroatoms. The number of pyridine rings is 2. The molecule has 0 fully saturated rings. The van der Waals surface area contributed by atoms with Crippen LogP contribution in [0.3, 0.4) is 0 Å². The largest absolute Gasteiger partial charge is 0.480 e. The number of methoxy groups -OCH3 is 1. The monoisotopic (exact) mass is 577 g/mol. The number of anilines is 1. The van der Waals surface area contributed by atoms with Crippen LogP contribution in [0.2, 0.25) is 5.02 Å². The van der Waals surface area contributed by atoms with E-state index in [2.05, 4.69) is 27.8 Å². The van der Waals surface area contributed by atoms with Gasteiger partial charge in [0.15, 0.2) is 0 Å². The number of nitrogens with zero attached hydrogens (tertiary/aromatic N) is 3. The lowest BCUT2D eigenvalue weighted by Gasteiger charge is -2.29. The van der Waals surface area contributed by atoms with Gasteiger partial charge in [0.05, 0.1) is 22.2 Å². The predicted octanol–water partition coefficient (Wildman–Crippen LogP) is 4.03. The van der Waals surface area contributed by atoms with Crippen LogP contribution in [0, 0.1) is 0 Å². The van der Waals surface area contributed by atoms with Crippen molar-refractivity contribution in [3.63, 3.8) is 0 Å². The quantitative estimate of drug-likeness (QED) is 0.256. The van der Waals surface area contributed by atoms with Gasteiger partial charge in [0.1, 0.15) is 18.5 Å². The van der Waals surface area contributed by atoms with Gasteiger partial charge >= 0.3 is 5.97 Å². The fourth-order valence-electron chi connectivity index (χ4n) is 4.78. The summed E-state index contributed by atoms with van der Waals surface area (Å²) in [5.74, 6) is -0.652. The van der Waals surface area contributed by atoms with Crippen LogP contribution >= 0.6 is 11.6 Å². The summed E-state index contributed by atoms with van der Waals surface area (Å²) >= 11 is 6.25. The molecule has 0 aliphatic carbocycles. The average Bonchev–Trinajstić information content (AvgIpc) is 2.95. The van der Waals surface area contributed by atoms with Crippen LogP contribution in [-0.4, -0.2) is 84.0 Å². The average molecular weight is 578 g/mol. The van der Waals surface area contributed by atoms with E-state index >= 15 is 0 Å². The Bertz CT molecular complexity index is 1130. The third-order valence-corrected chi connectivity index (χ3v) is 7.64. The Kier molecular flexibility index (Phi) is 12.1. The molecule has 2 aromatic heterocycles. The summed E-state index contributed by atoms with van der Waals surface area (Å²) < 4.78 is 18.7. The van der Waals surface area contributed by atoms with Crippen molar-refractivity contribution in [1.82, 2.24) is 20.2 Å². The van der Waals surface area contributed by atoms with E-state index in [-0.39, 0.29) is 6.42 Å². The molecule has 40 heavy (non-hydrogen) atoms. The molecule has 3 heterocycles. The molecule has 0 saturated carbocycles. The number of amides is 1. The number of carboxylic acids is 1. The van der Waals surface area contributed by atoms with Crippen molar-refractivity contribution >= 4 is 29.3 Å². The number of rotatable bonds is 16. The Balaban J connectivity index is 1.57. The number of hydrogen-bond acceptors (Lipinski definition) is 7. The smallest absolute Gasteiger partial charge is 0.326 e. The number of hydrogen-bond donors (Lipinski definition) is 3. The number of ether oxygens (including phenoxy) is 1. The van der Waals surface area contributed by atoms with Gasteiger partial charge < -0.3 is 25.4 Å². The molecule has 0 spiro atoms. The number of unbranched alkanes of at least 4 members (excludes halogenated alkanes) is 1. The van der Waals surface area contributed by atoms with Crippen molar-refractivity contribution in [3.8, 4) is 0 Å². The van der Waals surface area contributed by atoms with Crippen LogP contribution in [0.1, 0.15) is 56.5 Å². The lowest BCUT2D eigenvalue weighted by Crippen LogP contribution is -2.50. The van der Waals surface area contributed by atoms with Crippen molar-refractivity contribution in [1.29, 1.82) is 0 Å². The number of carboxylic acid groups (broad SMARTS) is 1. The molecule has 9 nitrogen and oxygen atoms in total. The van der Waals surface area contributed by atoms with Gasteiger partial charge in [0, 0.05) is 38.6 Å². The molecule has 3 rings (SSSR count). The zero-order chi connectivity index (χ0) is 29.1. The number of carbonyl (C=O) groups excluding carboxylic acids is 1. The van der Waals surface area contributed by atoms with Crippen molar-refractivity contribution in [2.75, 3.05) is 45.3 Å². The van der Waals surface area contributed by atoms with Crippen LogP contribution in [0.4, 0.5) is 10.2 Å². The van der Waals surface area contributed by atoms with Gasteiger partial charge in [-0.25, -0.2) is 14.2 Å². The predicted molar refractivity (Wildman–Crippen MR) is 154 cm³/mol. The minimum absolute atomic E-state index is 0.147. The Morgan fingerprint density at radius 1 is 1.27 bits per heavy atom. The number of nitrogens with one attached hydrogen (secondary N) is 2. The summed E-state index contributed by atoms with van der Waals surface area (Å²) in [4.78, 5) is 36.1. The first kappa shape index (κ1) is 31.7. The lowest BCUT2D eigenvalue weighted by atomic mass is 9.87. The highest BCUT2D eigenvalue weighted by Crippen LogP contribution is 2.28. The van der Waals surface area contributed by atoms with Gasteiger partial charge in [-0.2, -0.15) is 0 Å². The van der Waals surface area contributed by atoms with Crippen LogP contribution in [-0.2, 0) is 32.6 Å². The number of aryl methyl sites for hydroxylation is 2. The van der Waals surface area contributed by atoms with E-state index in [1.54, 1.807) is 32.2 Å². The highest BCUT2D eigenvalue weighted by molar-refractivity contribution is 6.31. The third-order valence-electron chi connectivity index (χ3n) is 7.33. The van der Waals surface area contributed by atoms with E-state index in [4.69, 9.17) is 21.3 Å². The molecule has 1 aliphatic heterocycles. The number of aliphatic carboxylic acids is 1. The second-order valence-corrected chi connectivity index (χ2v) is 11.1. The first-order valence-electron chi connectivity index (χ1n) is 13.8. The Hall–Kier alpha value is -2.82. The molecule has 0 saturated heterocycles. The van der Waals surface area contributed by atoms with Gasteiger partial charge in [-0.05, 0) is 82.7 Å². The molecule has 3 N–H and O–H groups in total. The molecule has 2 atom stereocenters. The standard InChI is InChI=1S/C29H41ClFN5O4/c1-29(2,25-23(30)10-7-14-32-25)28(39)35-24(27(37)38)13-17-36(19-22(18-31)40-3)16-5-4-9-21-12-11-20-8-6-15-33-26(20)34-21/h7,10-12,14,22,24H,4-6,8-9,13,15-19H2,1-3H3,(H,33,34)(H,35,39)(H,37,38). The molecule has 0 radical (unpaired) electrons. The molecule has 0 aromatic carbocycles. The van der Waals surface area contributed by atoms with Crippen molar-refractivity contribution in [3.05, 3.63) is 52.4 Å². The molecular weight excluding hydrogens is 537 g/mol. The van der Waals surface area contributed by atoms with Crippen molar-refractivity contribution in [2.45, 2.75) is 69.9 Å². The highest BCUT2D eigenvalue weighted by Gasteiger charge is 2.36. The number of fused-ring (bicyclic) bond motifs is 1. The van der Waals surface area contributed by atoms with Gasteiger partial charge in [-0.15, -0.1) is 0 Å². The van der Waals surface area contributed by atoms with Crippen LogP contribution in [0.15, 0.2) is 30.5 Å². The second kappa shape index (κ2) is 15.3. The maximum atomic E-state index is 13.5. The van der Waals surface area contributed by atoms with E-state index in [0.717, 1.165) is 50.2 Å². The Labute approximate surface area is 240 Å². The van der Waals surface area contributed by atoms with E-state index in [0.29, 0.717) is 30.4 Å². The lowest BCUT2D eigenvalue weighted by molar-refractivity contribution is -0.143. The van der Waals surface area contributed by atoms with Crippen molar-refractivity contribution < 1.29 is 23.8 Å². The van der Waals surface area contributed by atoms with Gasteiger partial charge in [-0.1, -0.05) is 17.7 Å². The van der Waals surface area contributed by atoms with E-state index in [1.807, 2.05) is 4.90 Å². The molecule has 2 aromatic rings. The molecule has 220 valence electrons. The van der Waals surface area contributed by atoms with Gasteiger partial charge in [-0.3, -0.25) is 9.78 Å². The number of halogens is 2. The summed E-state index contributed by atoms with van der Waals surface area (Å²) in [6, 6.07) is 6.40. The summed E-state index contributed by atoms with van der Waals surface area (Å²) in [6.45, 7) is 4.92. The Morgan fingerprint density at radius 2 is 2.08 bits per heavy atom. The first-order chi connectivity index (χ1) is 19.1. The molecule has 2 unspecified atom stereocenters. The second-order valence-electron chi connectivity index (χ2n) is 10.7. The minimum Gasteiger partial charge on any atom is -0.480 e. The topological polar surface area (TPSA) is 117 Å². The summed E-state index contributed by atoms with van der Waals surface area (Å²) in [7, 11) is 1.46. The fraction of sp³-hybridized carbons (Fsp3) is 0.586. The van der Waals surface area contributed by atoms with Crippen LogP contribution in [0.25, 0.3) is 0 Å². The van der Waals surface area contributed by atoms with E-state index in [9.17, 15) is 19.1 Å². The maximum absolute atomic E-state index is 13.5. The third kappa shape index (κ3) is 8.84. The zero-order valence-corrected chi connectivity index (χ0v) is 24.3. The maximum Gasteiger partial charge on any atom is 0.326 e. The minimum atomic E-state index is -1.14. The normalized spacial score (nSPS) is 14.8. The van der Waals surface area contributed by atoms with Gasteiger partial charge in [0.2, 0.25) is 5.91 Å².